The van der Waals surface area contributed by atoms with Gasteiger partial charge >= 0.3 is 29.8 Å². The van der Waals surface area contributed by atoms with E-state index in [1.54, 1.807) is 0 Å². The molecule has 1 unspecified atom stereocenters. The average molecular weight is 774 g/mol. The van der Waals surface area contributed by atoms with Gasteiger partial charge in [-0.15, -0.1) is 0 Å². The van der Waals surface area contributed by atoms with E-state index in [-0.39, 0.29) is 32.0 Å². The van der Waals surface area contributed by atoms with Gasteiger partial charge in [0.25, 0.3) is 0 Å². The van der Waals surface area contributed by atoms with Crippen molar-refractivity contribution in [3.05, 3.63) is 0 Å². The number of hydrogen-bond donors (Lipinski definition) is 1. The Morgan fingerprint density at radius 2 is 1.04 bits per heavy atom. The SMILES string of the molecule is CCCCCCCCCCCCCCCC(=O)OCC(CO[C@@H]1O[C@H](COC(C)=O)[C@@H](OC(C)=O)[C@H](OC(C)=O)[C@H]1OC(C)=O)ONC(=O)CCCCC. The van der Waals surface area contributed by atoms with Gasteiger partial charge in [0.1, 0.15) is 25.4 Å². The van der Waals surface area contributed by atoms with Crippen molar-refractivity contribution in [1.29, 1.82) is 0 Å². The van der Waals surface area contributed by atoms with Crippen LogP contribution >= 0.6 is 0 Å². The predicted molar refractivity (Wildman–Crippen MR) is 196 cm³/mol. The quantitative estimate of drug-likeness (QED) is 0.0381. The second-order valence-electron chi connectivity index (χ2n) is 13.8. The van der Waals surface area contributed by atoms with Gasteiger partial charge in [-0.25, -0.2) is 5.48 Å². The molecule has 0 aromatic carbocycles. The molecule has 0 aliphatic carbocycles. The maximum atomic E-state index is 12.7. The Morgan fingerprint density at radius 1 is 0.556 bits per heavy atom. The van der Waals surface area contributed by atoms with Gasteiger partial charge in [0.05, 0.1) is 6.61 Å². The molecule has 1 heterocycles. The molecule has 15 heteroatoms. The summed E-state index contributed by atoms with van der Waals surface area (Å²) in [6.45, 7) is 7.67. The molecular weight excluding hydrogens is 706 g/mol. The monoisotopic (exact) mass is 773 g/mol. The number of carbonyl (C=O) groups is 6. The Bertz CT molecular complexity index is 1100. The first-order valence-electron chi connectivity index (χ1n) is 19.9. The first kappa shape index (κ1) is 48.7. The number of nitrogens with one attached hydrogen (secondary N) is 1. The average Bonchev–Trinajstić information content (AvgIpc) is 3.10. The van der Waals surface area contributed by atoms with Crippen molar-refractivity contribution in [2.24, 2.45) is 0 Å². The van der Waals surface area contributed by atoms with Crippen LogP contribution in [0.15, 0.2) is 0 Å². The number of ether oxygens (including phenoxy) is 7. The van der Waals surface area contributed by atoms with Gasteiger partial charge in [-0.2, -0.15) is 0 Å². The summed E-state index contributed by atoms with van der Waals surface area (Å²) in [6, 6.07) is 0. The molecule has 1 N–H and O–H groups in total. The second-order valence-corrected chi connectivity index (χ2v) is 13.8. The molecule has 0 bridgehead atoms. The number of carbonyl (C=O) groups excluding carboxylic acids is 6. The van der Waals surface area contributed by atoms with Gasteiger partial charge in [-0.3, -0.25) is 33.6 Å². The Hall–Kier alpha value is -3.30. The van der Waals surface area contributed by atoms with Crippen LogP contribution in [0.3, 0.4) is 0 Å². The lowest BCUT2D eigenvalue weighted by Crippen LogP contribution is -2.63. The van der Waals surface area contributed by atoms with Crippen LogP contribution in [0, 0.1) is 0 Å². The molecule has 1 fully saturated rings. The van der Waals surface area contributed by atoms with Gasteiger partial charge < -0.3 is 33.2 Å². The Kier molecular flexibility index (Phi) is 27.1. The molecule has 0 spiro atoms. The Labute approximate surface area is 321 Å². The van der Waals surface area contributed by atoms with Crippen LogP contribution in [0.5, 0.6) is 0 Å². The topological polar surface area (TPSA) is 188 Å². The molecule has 1 amide bonds. The summed E-state index contributed by atoms with van der Waals surface area (Å²) in [7, 11) is 0. The first-order valence-corrected chi connectivity index (χ1v) is 19.9. The predicted octanol–water partition coefficient (Wildman–Crippen LogP) is 6.11. The van der Waals surface area contributed by atoms with E-state index < -0.39 is 73.3 Å². The highest BCUT2D eigenvalue weighted by Crippen LogP contribution is 2.30. The molecule has 54 heavy (non-hydrogen) atoms. The van der Waals surface area contributed by atoms with Crippen LogP contribution in [-0.2, 0) is 66.8 Å². The molecule has 0 saturated carbocycles. The van der Waals surface area contributed by atoms with Crippen LogP contribution < -0.4 is 5.48 Å². The smallest absolute Gasteiger partial charge is 0.305 e. The lowest BCUT2D eigenvalue weighted by atomic mass is 9.98. The molecule has 6 atom stereocenters. The van der Waals surface area contributed by atoms with E-state index in [0.717, 1.165) is 52.9 Å². The van der Waals surface area contributed by atoms with E-state index in [0.29, 0.717) is 12.8 Å². The minimum atomic E-state index is -1.47. The van der Waals surface area contributed by atoms with Gasteiger partial charge in [-0.05, 0) is 12.8 Å². The number of esters is 5. The van der Waals surface area contributed by atoms with E-state index in [9.17, 15) is 28.8 Å². The van der Waals surface area contributed by atoms with Gasteiger partial charge in [0.15, 0.2) is 24.6 Å². The van der Waals surface area contributed by atoms with Crippen molar-refractivity contribution < 1.29 is 66.8 Å². The number of hydroxylamine groups is 1. The maximum Gasteiger partial charge on any atom is 0.305 e. The third kappa shape index (κ3) is 23.5. The second kappa shape index (κ2) is 30.0. The molecule has 1 aliphatic heterocycles. The van der Waals surface area contributed by atoms with Crippen molar-refractivity contribution >= 4 is 35.8 Å². The third-order valence-electron chi connectivity index (χ3n) is 8.66. The first-order chi connectivity index (χ1) is 25.9. The number of rotatable bonds is 30. The van der Waals surface area contributed by atoms with Gasteiger partial charge in [-0.1, -0.05) is 104 Å². The minimum absolute atomic E-state index is 0.217. The molecule has 15 nitrogen and oxygen atoms in total. The van der Waals surface area contributed by atoms with Crippen LogP contribution in [0.1, 0.15) is 157 Å². The Morgan fingerprint density at radius 3 is 1.57 bits per heavy atom. The lowest BCUT2D eigenvalue weighted by Gasteiger charge is -2.44. The van der Waals surface area contributed by atoms with E-state index in [1.807, 2.05) is 6.92 Å². The standard InChI is InChI=1S/C39H67NO14/c1-7-9-11-12-13-14-15-16-17-18-19-20-22-24-35(46)48-25-32(54-40-34(45)23-21-10-8-2)26-49-39-38(52-31(6)44)37(51-30(5)43)36(50-29(4)42)33(53-39)27-47-28(3)41/h32-33,36-39H,7-27H2,1-6H3,(H,40,45)/t32?,33-,36-,37+,38-,39-/m1/s1. The lowest BCUT2D eigenvalue weighted by molar-refractivity contribution is -0.312. The van der Waals surface area contributed by atoms with Crippen molar-refractivity contribution in [3.63, 3.8) is 0 Å². The molecule has 1 saturated heterocycles. The molecule has 1 rings (SSSR count). The summed E-state index contributed by atoms with van der Waals surface area (Å²) in [4.78, 5) is 78.7. The molecule has 312 valence electrons. The Balaban J connectivity index is 2.87. The van der Waals surface area contributed by atoms with Gasteiger partial charge in [0.2, 0.25) is 5.91 Å². The largest absolute Gasteiger partial charge is 0.463 e. The van der Waals surface area contributed by atoms with E-state index in [2.05, 4.69) is 12.4 Å². The summed E-state index contributed by atoms with van der Waals surface area (Å²) in [6.07, 6.45) is 10.3. The van der Waals surface area contributed by atoms with Crippen LogP contribution in [0.2, 0.25) is 0 Å². The number of unbranched alkanes of at least 4 members (excludes halogenated alkanes) is 14. The highest BCUT2D eigenvalue weighted by molar-refractivity contribution is 5.74. The summed E-state index contributed by atoms with van der Waals surface area (Å²) in [5, 5.41) is 0. The van der Waals surface area contributed by atoms with Crippen LogP contribution in [0.25, 0.3) is 0 Å². The highest BCUT2D eigenvalue weighted by Gasteiger charge is 2.53. The van der Waals surface area contributed by atoms with Gasteiger partial charge in [0, 0.05) is 40.5 Å². The maximum absolute atomic E-state index is 12.7. The molecule has 1 aliphatic rings. The van der Waals surface area contributed by atoms with E-state index in [4.69, 9.17) is 38.0 Å². The molecule has 0 aromatic heterocycles. The summed E-state index contributed by atoms with van der Waals surface area (Å²) in [5.41, 5.74) is 2.38. The minimum Gasteiger partial charge on any atom is -0.463 e. The summed E-state index contributed by atoms with van der Waals surface area (Å²) >= 11 is 0. The van der Waals surface area contributed by atoms with Crippen molar-refractivity contribution in [1.82, 2.24) is 5.48 Å². The zero-order chi connectivity index (χ0) is 40.1. The van der Waals surface area contributed by atoms with Crippen molar-refractivity contribution in [3.8, 4) is 0 Å². The number of amides is 1. The summed E-state index contributed by atoms with van der Waals surface area (Å²) < 4.78 is 38.8. The van der Waals surface area contributed by atoms with Crippen LogP contribution in [0.4, 0.5) is 0 Å². The van der Waals surface area contributed by atoms with E-state index >= 15 is 0 Å². The fourth-order valence-corrected chi connectivity index (χ4v) is 5.92. The zero-order valence-electron chi connectivity index (χ0n) is 33.5. The molecule has 0 aromatic rings. The third-order valence-corrected chi connectivity index (χ3v) is 8.66. The molecular formula is C39H67NO14. The normalized spacial score (nSPS) is 20.0. The highest BCUT2D eigenvalue weighted by atomic mass is 16.7. The zero-order valence-corrected chi connectivity index (χ0v) is 33.5. The number of hydrogen-bond acceptors (Lipinski definition) is 14. The van der Waals surface area contributed by atoms with Crippen molar-refractivity contribution in [2.45, 2.75) is 194 Å². The fourth-order valence-electron chi connectivity index (χ4n) is 5.92. The van der Waals surface area contributed by atoms with Crippen LogP contribution in [-0.4, -0.2) is 92.4 Å². The fraction of sp³-hybridized carbons (Fsp3) is 0.846. The van der Waals surface area contributed by atoms with E-state index in [1.165, 1.54) is 64.7 Å². The summed E-state index contributed by atoms with van der Waals surface area (Å²) in [5.74, 6) is -3.81. The molecule has 0 radical (unpaired) electrons. The van der Waals surface area contributed by atoms with Crippen molar-refractivity contribution in [2.75, 3.05) is 19.8 Å².